The Hall–Kier alpha value is -1.55. The summed E-state index contributed by atoms with van der Waals surface area (Å²) in [4.78, 5) is 14.3. The van der Waals surface area contributed by atoms with Crippen LogP contribution >= 0.6 is 0 Å². The maximum absolute atomic E-state index is 11.7. The average molecular weight is 301 g/mol. The molecule has 1 aromatic rings. The lowest BCUT2D eigenvalue weighted by Crippen LogP contribution is -2.31. The van der Waals surface area contributed by atoms with Crippen molar-refractivity contribution >= 4 is 17.3 Å². The van der Waals surface area contributed by atoms with Crippen molar-refractivity contribution in [3.05, 3.63) is 24.3 Å². The molecule has 0 unspecified atom stereocenters. The molecule has 1 aliphatic heterocycles. The monoisotopic (exact) mass is 301 g/mol. The van der Waals surface area contributed by atoms with E-state index in [0.717, 1.165) is 30.4 Å². The van der Waals surface area contributed by atoms with Crippen LogP contribution < -0.4 is 10.6 Å². The lowest BCUT2D eigenvalue weighted by atomic mass is 10.1. The Labute approximate surface area is 133 Å². The number of amides is 1. The molecule has 1 aliphatic carbocycles. The molecule has 2 N–H and O–H groups in total. The third kappa shape index (κ3) is 3.80. The van der Waals surface area contributed by atoms with Gasteiger partial charge in [-0.3, -0.25) is 9.69 Å². The van der Waals surface area contributed by atoms with Crippen molar-refractivity contribution in [3.63, 3.8) is 0 Å². The predicted molar refractivity (Wildman–Crippen MR) is 91.2 cm³/mol. The van der Waals surface area contributed by atoms with Gasteiger partial charge in [0.2, 0.25) is 5.91 Å². The molecule has 0 bridgehead atoms. The summed E-state index contributed by atoms with van der Waals surface area (Å²) in [6.45, 7) is 5.49. The highest BCUT2D eigenvalue weighted by Crippen LogP contribution is 2.34. The molecular weight excluding hydrogens is 274 g/mol. The van der Waals surface area contributed by atoms with Crippen molar-refractivity contribution < 1.29 is 4.79 Å². The smallest absolute Gasteiger partial charge is 0.224 e. The van der Waals surface area contributed by atoms with Crippen LogP contribution in [0.4, 0.5) is 11.4 Å². The second kappa shape index (κ2) is 6.69. The minimum absolute atomic E-state index is 0.0917. The Morgan fingerprint density at radius 2 is 2.09 bits per heavy atom. The Balaban J connectivity index is 1.57. The summed E-state index contributed by atoms with van der Waals surface area (Å²) < 4.78 is 0. The van der Waals surface area contributed by atoms with E-state index in [2.05, 4.69) is 28.5 Å². The summed E-state index contributed by atoms with van der Waals surface area (Å²) in [7, 11) is 0. The number of nitrogens with one attached hydrogen (secondary N) is 2. The first-order valence-corrected chi connectivity index (χ1v) is 8.58. The summed E-state index contributed by atoms with van der Waals surface area (Å²) >= 11 is 0. The molecule has 1 heterocycles. The third-order valence-corrected chi connectivity index (χ3v) is 4.63. The second-order valence-electron chi connectivity index (χ2n) is 6.73. The lowest BCUT2D eigenvalue weighted by molar-refractivity contribution is -0.116. The zero-order valence-electron chi connectivity index (χ0n) is 13.6. The molecule has 120 valence electrons. The number of likely N-dealkylation sites (tertiary alicyclic amines) is 1. The van der Waals surface area contributed by atoms with Crippen molar-refractivity contribution in [1.29, 1.82) is 0 Å². The maximum Gasteiger partial charge on any atom is 0.224 e. The summed E-state index contributed by atoms with van der Waals surface area (Å²) in [5, 5.41) is 6.60. The van der Waals surface area contributed by atoms with E-state index in [4.69, 9.17) is 0 Å². The van der Waals surface area contributed by atoms with Gasteiger partial charge in [-0.2, -0.15) is 0 Å². The molecule has 4 nitrogen and oxygen atoms in total. The topological polar surface area (TPSA) is 44.4 Å². The normalized spacial score (nSPS) is 25.2. The van der Waals surface area contributed by atoms with Gasteiger partial charge in [0.15, 0.2) is 0 Å². The molecule has 3 rings (SSSR count). The van der Waals surface area contributed by atoms with E-state index in [-0.39, 0.29) is 5.91 Å². The zero-order chi connectivity index (χ0) is 15.5. The van der Waals surface area contributed by atoms with Crippen LogP contribution in [0, 0.1) is 0 Å². The molecule has 0 spiro atoms. The summed E-state index contributed by atoms with van der Waals surface area (Å²) in [5.41, 5.74) is 1.98. The number of carbonyl (C=O) groups is 1. The molecule has 1 amide bonds. The van der Waals surface area contributed by atoms with E-state index in [1.54, 1.807) is 0 Å². The first-order chi connectivity index (χ1) is 10.7. The first kappa shape index (κ1) is 15.3. The Kier molecular flexibility index (Phi) is 4.67. The molecule has 2 fully saturated rings. The van der Waals surface area contributed by atoms with E-state index < -0.39 is 0 Å². The molecule has 2 aliphatic rings. The molecule has 1 aromatic carbocycles. The molecule has 1 saturated carbocycles. The van der Waals surface area contributed by atoms with Crippen molar-refractivity contribution in [2.24, 2.45) is 0 Å². The van der Waals surface area contributed by atoms with Crippen LogP contribution in [0.5, 0.6) is 0 Å². The van der Waals surface area contributed by atoms with Crippen LogP contribution in [-0.4, -0.2) is 35.5 Å². The number of nitrogens with zero attached hydrogens (tertiary/aromatic N) is 1. The van der Waals surface area contributed by atoms with Gasteiger partial charge < -0.3 is 10.6 Å². The van der Waals surface area contributed by atoms with Crippen LogP contribution in [0.2, 0.25) is 0 Å². The van der Waals surface area contributed by atoms with Gasteiger partial charge in [0.25, 0.3) is 0 Å². The van der Waals surface area contributed by atoms with Gasteiger partial charge in [0, 0.05) is 42.5 Å². The van der Waals surface area contributed by atoms with E-state index >= 15 is 0 Å². The molecule has 0 radical (unpaired) electrons. The van der Waals surface area contributed by atoms with Crippen LogP contribution in [0.1, 0.15) is 46.0 Å². The number of rotatable bonds is 6. The predicted octanol–water partition coefficient (Wildman–Crippen LogP) is 3.46. The van der Waals surface area contributed by atoms with E-state index in [1.165, 1.54) is 19.3 Å². The van der Waals surface area contributed by atoms with Crippen molar-refractivity contribution in [2.75, 3.05) is 17.2 Å². The van der Waals surface area contributed by atoms with E-state index in [0.29, 0.717) is 18.5 Å². The number of anilines is 2. The molecule has 4 heteroatoms. The Morgan fingerprint density at radius 1 is 1.32 bits per heavy atom. The number of hydrogen-bond donors (Lipinski definition) is 2. The fraction of sp³-hybridized carbons (Fsp3) is 0.611. The van der Waals surface area contributed by atoms with Crippen LogP contribution in [0.15, 0.2) is 24.3 Å². The quantitative estimate of drug-likeness (QED) is 0.845. The van der Waals surface area contributed by atoms with Crippen LogP contribution in [-0.2, 0) is 4.79 Å². The molecule has 0 aromatic heterocycles. The fourth-order valence-electron chi connectivity index (χ4n) is 3.45. The maximum atomic E-state index is 11.7. The zero-order valence-corrected chi connectivity index (χ0v) is 13.6. The molecular formula is C18H27N3O. The third-order valence-electron chi connectivity index (χ3n) is 4.63. The second-order valence-corrected chi connectivity index (χ2v) is 6.73. The minimum Gasteiger partial charge on any atom is -0.381 e. The Bertz CT molecular complexity index is 527. The molecule has 22 heavy (non-hydrogen) atoms. The van der Waals surface area contributed by atoms with Crippen LogP contribution in [0.25, 0.3) is 0 Å². The van der Waals surface area contributed by atoms with E-state index in [9.17, 15) is 4.79 Å². The highest BCUT2D eigenvalue weighted by atomic mass is 16.1. The summed E-state index contributed by atoms with van der Waals surface area (Å²) in [6.07, 6.45) is 5.39. The Morgan fingerprint density at radius 3 is 2.82 bits per heavy atom. The molecule has 1 saturated heterocycles. The standard InChI is InChI=1S/C18H27N3O/c1-3-5-18(22)20-15-7-4-6-14(11-15)19-16-10-13(2)21(12-16)17-8-9-17/h4,6-7,11,13,16-17,19H,3,5,8-10,12H2,1-2H3,(H,20,22)/t13-,16-/m0/s1. The van der Waals surface area contributed by atoms with E-state index in [1.807, 2.05) is 25.1 Å². The highest BCUT2D eigenvalue weighted by molar-refractivity contribution is 5.91. The largest absolute Gasteiger partial charge is 0.381 e. The number of hydrogen-bond acceptors (Lipinski definition) is 3. The van der Waals surface area contributed by atoms with Gasteiger partial charge >= 0.3 is 0 Å². The van der Waals surface area contributed by atoms with Gasteiger partial charge in [-0.05, 0) is 50.8 Å². The van der Waals surface area contributed by atoms with Crippen molar-refractivity contribution in [3.8, 4) is 0 Å². The minimum atomic E-state index is 0.0917. The van der Waals surface area contributed by atoms with Gasteiger partial charge in [-0.15, -0.1) is 0 Å². The fourth-order valence-corrected chi connectivity index (χ4v) is 3.45. The van der Waals surface area contributed by atoms with Gasteiger partial charge in [0.05, 0.1) is 0 Å². The van der Waals surface area contributed by atoms with Gasteiger partial charge in [0.1, 0.15) is 0 Å². The van der Waals surface area contributed by atoms with Crippen molar-refractivity contribution in [1.82, 2.24) is 4.90 Å². The highest BCUT2D eigenvalue weighted by Gasteiger charge is 2.38. The summed E-state index contributed by atoms with van der Waals surface area (Å²) in [5.74, 6) is 0.0917. The first-order valence-electron chi connectivity index (χ1n) is 8.58. The van der Waals surface area contributed by atoms with Crippen LogP contribution in [0.3, 0.4) is 0 Å². The molecule has 2 atom stereocenters. The van der Waals surface area contributed by atoms with Gasteiger partial charge in [-0.25, -0.2) is 0 Å². The van der Waals surface area contributed by atoms with Crippen molar-refractivity contribution in [2.45, 2.75) is 64.1 Å². The van der Waals surface area contributed by atoms with Gasteiger partial charge in [-0.1, -0.05) is 13.0 Å². The number of carbonyl (C=O) groups excluding carboxylic acids is 1. The number of benzene rings is 1. The summed E-state index contributed by atoms with van der Waals surface area (Å²) in [6, 6.07) is 10.1. The average Bonchev–Trinajstić information content (AvgIpc) is 3.24. The SMILES string of the molecule is CCCC(=O)Nc1cccc(N[C@H]2C[C@H](C)N(C3CC3)C2)c1. The lowest BCUT2D eigenvalue weighted by Gasteiger charge is -2.20.